The fourth-order valence-electron chi connectivity index (χ4n) is 2.14. The molecular formula is C13H21N3O4S. The van der Waals surface area contributed by atoms with Gasteiger partial charge in [0, 0.05) is 25.2 Å². The van der Waals surface area contributed by atoms with E-state index in [2.05, 4.69) is 10.0 Å². The second kappa shape index (κ2) is 6.86. The first-order valence-corrected chi connectivity index (χ1v) is 8.14. The van der Waals surface area contributed by atoms with Gasteiger partial charge in [-0.3, -0.25) is 10.1 Å². The average Bonchev–Trinajstić information content (AvgIpc) is 2.36. The number of nitro groups is 1. The summed E-state index contributed by atoms with van der Waals surface area (Å²) in [5, 5.41) is 13.6. The molecule has 0 radical (unpaired) electrons. The van der Waals surface area contributed by atoms with Gasteiger partial charge >= 0.3 is 0 Å². The van der Waals surface area contributed by atoms with Crippen molar-refractivity contribution < 1.29 is 13.3 Å². The maximum Gasteiger partial charge on any atom is 0.270 e. The van der Waals surface area contributed by atoms with Gasteiger partial charge in [-0.1, -0.05) is 13.8 Å². The van der Waals surface area contributed by atoms with Gasteiger partial charge in [0.15, 0.2) is 0 Å². The molecule has 0 saturated carbocycles. The van der Waals surface area contributed by atoms with Crippen LogP contribution in [0.25, 0.3) is 0 Å². The third-order valence-electron chi connectivity index (χ3n) is 2.92. The van der Waals surface area contributed by atoms with Crippen LogP contribution in [0.5, 0.6) is 0 Å². The van der Waals surface area contributed by atoms with E-state index in [9.17, 15) is 18.5 Å². The Morgan fingerprint density at radius 3 is 2.38 bits per heavy atom. The molecule has 0 spiro atoms. The van der Waals surface area contributed by atoms with Crippen molar-refractivity contribution in [3.63, 3.8) is 0 Å². The van der Waals surface area contributed by atoms with Crippen molar-refractivity contribution in [3.05, 3.63) is 28.3 Å². The van der Waals surface area contributed by atoms with Gasteiger partial charge in [-0.05, 0) is 25.3 Å². The number of anilines is 1. The van der Waals surface area contributed by atoms with Crippen molar-refractivity contribution in [1.82, 2.24) is 4.72 Å². The zero-order valence-corrected chi connectivity index (χ0v) is 13.4. The van der Waals surface area contributed by atoms with Crippen molar-refractivity contribution in [2.45, 2.75) is 38.1 Å². The number of sulfonamides is 1. The Hall–Kier alpha value is -1.67. The largest absolute Gasteiger partial charge is 0.387 e. The first-order valence-electron chi connectivity index (χ1n) is 6.66. The minimum absolute atomic E-state index is 0.116. The summed E-state index contributed by atoms with van der Waals surface area (Å²) < 4.78 is 27.4. The summed E-state index contributed by atoms with van der Waals surface area (Å²) >= 11 is 0. The summed E-state index contributed by atoms with van der Waals surface area (Å²) in [5.74, 6) is 0.344. The molecule has 0 aliphatic heterocycles. The van der Waals surface area contributed by atoms with E-state index in [4.69, 9.17) is 0 Å². The van der Waals surface area contributed by atoms with Crippen molar-refractivity contribution in [1.29, 1.82) is 0 Å². The Labute approximate surface area is 124 Å². The van der Waals surface area contributed by atoms with Gasteiger partial charge in [-0.15, -0.1) is 0 Å². The maximum absolute atomic E-state index is 12.4. The number of nitro benzene ring substituents is 1. The number of hydrogen-bond donors (Lipinski definition) is 2. The van der Waals surface area contributed by atoms with Crippen LogP contribution in [0.4, 0.5) is 11.4 Å². The molecule has 0 aliphatic rings. The molecule has 8 heteroatoms. The van der Waals surface area contributed by atoms with Crippen LogP contribution in [-0.4, -0.2) is 26.4 Å². The third-order valence-corrected chi connectivity index (χ3v) is 4.55. The Bertz CT molecular complexity index is 614. The molecule has 1 rings (SSSR count). The van der Waals surface area contributed by atoms with Crippen LogP contribution in [-0.2, 0) is 10.0 Å². The molecular weight excluding hydrogens is 294 g/mol. The molecule has 0 fully saturated rings. The summed E-state index contributed by atoms with van der Waals surface area (Å²) in [6.07, 6.45) is 0.684. The van der Waals surface area contributed by atoms with Gasteiger partial charge in [0.05, 0.1) is 10.6 Å². The van der Waals surface area contributed by atoms with Crippen molar-refractivity contribution in [2.24, 2.45) is 5.92 Å². The van der Waals surface area contributed by atoms with E-state index in [1.807, 2.05) is 13.8 Å². The topological polar surface area (TPSA) is 101 Å². The summed E-state index contributed by atoms with van der Waals surface area (Å²) in [6.45, 7) is 5.77. The Morgan fingerprint density at radius 2 is 1.90 bits per heavy atom. The van der Waals surface area contributed by atoms with Crippen molar-refractivity contribution in [3.8, 4) is 0 Å². The van der Waals surface area contributed by atoms with Crippen LogP contribution < -0.4 is 10.0 Å². The number of nitrogens with zero attached hydrogens (tertiary/aromatic N) is 1. The molecule has 118 valence electrons. The molecule has 0 bridgehead atoms. The quantitative estimate of drug-likeness (QED) is 0.594. The van der Waals surface area contributed by atoms with Gasteiger partial charge < -0.3 is 5.32 Å². The maximum atomic E-state index is 12.4. The number of hydrogen-bond acceptors (Lipinski definition) is 5. The molecule has 7 nitrogen and oxygen atoms in total. The summed E-state index contributed by atoms with van der Waals surface area (Å²) in [4.78, 5) is 10.1. The van der Waals surface area contributed by atoms with E-state index < -0.39 is 14.9 Å². The Morgan fingerprint density at radius 1 is 1.29 bits per heavy atom. The summed E-state index contributed by atoms with van der Waals surface area (Å²) in [5.41, 5.74) is 0.0655. The molecule has 0 saturated heterocycles. The molecule has 1 aromatic rings. The standard InChI is InChI=1S/C13H21N3O4S/c1-9(2)7-10(3)15-21(19,20)13-8-11(16(17)18)5-6-12(13)14-4/h5-6,8-10,14-15H,7H2,1-4H3. The number of nitrogens with one attached hydrogen (secondary N) is 2. The number of benzene rings is 1. The first-order chi connectivity index (χ1) is 9.67. The van der Waals surface area contributed by atoms with Gasteiger partial charge in [0.25, 0.3) is 5.69 Å². The fourth-order valence-corrected chi connectivity index (χ4v) is 3.63. The highest BCUT2D eigenvalue weighted by Gasteiger charge is 2.23. The monoisotopic (exact) mass is 315 g/mol. The Kier molecular flexibility index (Phi) is 5.68. The second-order valence-corrected chi connectivity index (χ2v) is 7.02. The first kappa shape index (κ1) is 17.4. The third kappa shape index (κ3) is 4.68. The number of non-ortho nitro benzene ring substituents is 1. The van der Waals surface area contributed by atoms with Gasteiger partial charge in [0.2, 0.25) is 10.0 Å². The predicted molar refractivity (Wildman–Crippen MR) is 81.9 cm³/mol. The van der Waals surface area contributed by atoms with Crippen LogP contribution in [0.2, 0.25) is 0 Å². The van der Waals surface area contributed by atoms with Gasteiger partial charge in [-0.25, -0.2) is 13.1 Å². The van der Waals surface area contributed by atoms with Crippen molar-refractivity contribution in [2.75, 3.05) is 12.4 Å². The fraction of sp³-hybridized carbons (Fsp3) is 0.538. The van der Waals surface area contributed by atoms with Gasteiger partial charge in [0.1, 0.15) is 4.90 Å². The zero-order valence-electron chi connectivity index (χ0n) is 12.6. The highest BCUT2D eigenvalue weighted by Crippen LogP contribution is 2.26. The minimum atomic E-state index is -3.82. The molecule has 0 heterocycles. The van der Waals surface area contributed by atoms with Crippen LogP contribution in [0, 0.1) is 16.0 Å². The van der Waals surface area contributed by atoms with E-state index in [0.29, 0.717) is 18.0 Å². The van der Waals surface area contributed by atoms with Crippen molar-refractivity contribution >= 4 is 21.4 Å². The average molecular weight is 315 g/mol. The highest BCUT2D eigenvalue weighted by atomic mass is 32.2. The molecule has 1 atom stereocenters. The minimum Gasteiger partial charge on any atom is -0.387 e. The van der Waals surface area contributed by atoms with E-state index >= 15 is 0 Å². The SMILES string of the molecule is CNc1ccc([N+](=O)[O-])cc1S(=O)(=O)NC(C)CC(C)C. The molecule has 0 aliphatic carbocycles. The molecule has 21 heavy (non-hydrogen) atoms. The smallest absolute Gasteiger partial charge is 0.270 e. The predicted octanol–water partition coefficient (Wildman–Crippen LogP) is 2.35. The molecule has 0 amide bonds. The lowest BCUT2D eigenvalue weighted by molar-refractivity contribution is -0.385. The van der Waals surface area contributed by atoms with Gasteiger partial charge in [-0.2, -0.15) is 0 Å². The highest BCUT2D eigenvalue weighted by molar-refractivity contribution is 7.89. The molecule has 1 aromatic carbocycles. The van der Waals surface area contributed by atoms with Crippen LogP contribution >= 0.6 is 0 Å². The lowest BCUT2D eigenvalue weighted by Gasteiger charge is -2.17. The zero-order chi connectivity index (χ0) is 16.2. The van der Waals surface area contributed by atoms with E-state index in [1.54, 1.807) is 14.0 Å². The lowest BCUT2D eigenvalue weighted by atomic mass is 10.1. The van der Waals surface area contributed by atoms with Crippen LogP contribution in [0.3, 0.4) is 0 Å². The van der Waals surface area contributed by atoms with Crippen LogP contribution in [0.15, 0.2) is 23.1 Å². The lowest BCUT2D eigenvalue weighted by Crippen LogP contribution is -2.33. The summed E-state index contributed by atoms with van der Waals surface area (Å²) in [7, 11) is -2.25. The van der Waals surface area contributed by atoms with Crippen LogP contribution in [0.1, 0.15) is 27.2 Å². The Balaban J connectivity index is 3.17. The normalized spacial score (nSPS) is 13.2. The van der Waals surface area contributed by atoms with E-state index in [0.717, 1.165) is 6.07 Å². The molecule has 1 unspecified atom stereocenters. The van der Waals surface area contributed by atoms with E-state index in [1.165, 1.54) is 12.1 Å². The summed E-state index contributed by atoms with van der Waals surface area (Å²) in [6, 6.07) is 3.47. The molecule has 0 aromatic heterocycles. The second-order valence-electron chi connectivity index (χ2n) is 5.34. The molecule has 2 N–H and O–H groups in total. The number of rotatable bonds is 7. The van der Waals surface area contributed by atoms with E-state index in [-0.39, 0.29) is 16.6 Å².